The van der Waals surface area contributed by atoms with Crippen LogP contribution in [0.15, 0.2) is 33.3 Å². The lowest BCUT2D eigenvalue weighted by Gasteiger charge is -2.49. The minimum Gasteiger partial charge on any atom is -0.477 e. The number of piperidine rings is 1. The summed E-state index contributed by atoms with van der Waals surface area (Å²) < 4.78 is 0. The number of β-lactam (4-membered cyclic amide) rings is 1. The number of thioether (sulfide) groups is 2. The summed E-state index contributed by atoms with van der Waals surface area (Å²) in [5.74, 6) is -1.90. The van der Waals surface area contributed by atoms with Crippen molar-refractivity contribution in [2.45, 2.75) is 29.5 Å². The Hall–Kier alpha value is -2.55. The molecule has 35 heavy (non-hydrogen) atoms. The molecule has 188 valence electrons. The highest BCUT2D eigenvalue weighted by atomic mass is 32.2. The van der Waals surface area contributed by atoms with E-state index in [1.165, 1.54) is 23.8 Å². The van der Waals surface area contributed by atoms with Gasteiger partial charge < -0.3 is 25.9 Å². The van der Waals surface area contributed by atoms with Gasteiger partial charge in [-0.1, -0.05) is 5.16 Å². The largest absolute Gasteiger partial charge is 0.477 e. The Labute approximate surface area is 214 Å². The van der Waals surface area contributed by atoms with E-state index in [-0.39, 0.29) is 22.2 Å². The maximum Gasteiger partial charge on any atom is 0.352 e. The van der Waals surface area contributed by atoms with Crippen molar-refractivity contribution in [2.24, 2.45) is 5.16 Å². The standard InChI is InChI=1S/C21H26N6O5S3/c1-26-6-3-12(4-7-26)33-8-5-11-9-34-19-15(18(29)27(19)16(11)20(30)31)24-17(28)14(25-32-2)13-10-35-21(22)23-13/h5,8,10,12,15,19H,3-4,6-7,9H2,1-2H3,(H2,22,23)(H,24,28)(H,30,31)/b8-5+,25-14?/t15-,19-/m1/s1. The quantitative estimate of drug-likeness (QED) is 0.250. The van der Waals surface area contributed by atoms with Gasteiger partial charge in [-0.2, -0.15) is 0 Å². The molecule has 1 aromatic heterocycles. The van der Waals surface area contributed by atoms with Gasteiger partial charge in [0.25, 0.3) is 11.8 Å². The predicted molar refractivity (Wildman–Crippen MR) is 137 cm³/mol. The van der Waals surface area contributed by atoms with Gasteiger partial charge in [0, 0.05) is 16.4 Å². The van der Waals surface area contributed by atoms with Crippen LogP contribution in [0.3, 0.4) is 0 Å². The SMILES string of the molecule is CON=C(C(=O)N[C@@H]1C(=O)N2C(C(=O)O)=C(/C=C/SC3CCN(C)CC3)CS[C@H]12)c1csc(N)n1. The number of carboxylic acid groups (broad SMARTS) is 1. The number of rotatable bonds is 8. The van der Waals surface area contributed by atoms with Gasteiger partial charge in [0.05, 0.1) is 0 Å². The smallest absolute Gasteiger partial charge is 0.352 e. The van der Waals surface area contributed by atoms with Crippen LogP contribution in [0.5, 0.6) is 0 Å². The van der Waals surface area contributed by atoms with Crippen LogP contribution < -0.4 is 11.1 Å². The second kappa shape index (κ2) is 11.0. The van der Waals surface area contributed by atoms with Gasteiger partial charge in [-0.3, -0.25) is 14.5 Å². The number of carbonyl (C=O) groups excluding carboxylic acids is 2. The number of anilines is 1. The van der Waals surface area contributed by atoms with Crippen LogP contribution in [0.1, 0.15) is 18.5 Å². The molecule has 4 N–H and O–H groups in total. The lowest BCUT2D eigenvalue weighted by molar-refractivity contribution is -0.150. The molecule has 0 saturated carbocycles. The van der Waals surface area contributed by atoms with E-state index in [9.17, 15) is 19.5 Å². The molecule has 3 aliphatic rings. The fourth-order valence-corrected chi connectivity index (χ4v) is 6.84. The molecule has 1 aromatic rings. The van der Waals surface area contributed by atoms with E-state index in [0.717, 1.165) is 37.3 Å². The molecule has 0 bridgehead atoms. The van der Waals surface area contributed by atoms with Crippen LogP contribution in [0.2, 0.25) is 0 Å². The Kier molecular flexibility index (Phi) is 8.04. The van der Waals surface area contributed by atoms with E-state index >= 15 is 0 Å². The molecule has 0 aliphatic carbocycles. The number of oxime groups is 1. The Morgan fingerprint density at radius 3 is 2.77 bits per heavy atom. The first-order valence-corrected chi connectivity index (χ1v) is 13.7. The summed E-state index contributed by atoms with van der Waals surface area (Å²) in [5.41, 5.74) is 6.30. The second-order valence-corrected chi connectivity index (χ2v) is 11.4. The number of aromatic nitrogens is 1. The number of carbonyl (C=O) groups is 3. The minimum absolute atomic E-state index is 0.0393. The Morgan fingerprint density at radius 1 is 1.40 bits per heavy atom. The number of nitrogens with one attached hydrogen (secondary N) is 1. The normalized spacial score (nSPS) is 23.9. The van der Waals surface area contributed by atoms with Crippen LogP contribution in [0.4, 0.5) is 5.13 Å². The summed E-state index contributed by atoms with van der Waals surface area (Å²) in [7, 11) is 3.40. The molecule has 14 heteroatoms. The van der Waals surface area contributed by atoms with Gasteiger partial charge in [-0.25, -0.2) is 9.78 Å². The van der Waals surface area contributed by atoms with Gasteiger partial charge in [0.1, 0.15) is 29.9 Å². The topological polar surface area (TPSA) is 150 Å². The molecular weight excluding hydrogens is 512 g/mol. The third-order valence-corrected chi connectivity index (χ3v) is 8.98. The molecule has 0 unspecified atom stereocenters. The minimum atomic E-state index is -1.17. The number of hydrogen-bond donors (Lipinski definition) is 3. The summed E-state index contributed by atoms with van der Waals surface area (Å²) in [6.07, 6.45) is 3.97. The van der Waals surface area contributed by atoms with E-state index in [2.05, 4.69) is 27.4 Å². The molecule has 2 amide bonds. The number of carboxylic acids is 1. The lowest BCUT2D eigenvalue weighted by Crippen LogP contribution is -2.71. The first-order valence-electron chi connectivity index (χ1n) is 10.8. The molecule has 4 rings (SSSR count). The highest BCUT2D eigenvalue weighted by molar-refractivity contribution is 8.02. The average molecular weight is 539 g/mol. The highest BCUT2D eigenvalue weighted by Gasteiger charge is 2.54. The van der Waals surface area contributed by atoms with Crippen LogP contribution in [-0.2, 0) is 19.2 Å². The van der Waals surface area contributed by atoms with E-state index in [0.29, 0.717) is 16.6 Å². The zero-order valence-corrected chi connectivity index (χ0v) is 21.6. The molecule has 3 aliphatic heterocycles. The third-order valence-electron chi connectivity index (χ3n) is 5.86. The third kappa shape index (κ3) is 5.50. The number of nitrogen functional groups attached to an aromatic ring is 1. The van der Waals surface area contributed by atoms with E-state index in [1.807, 2.05) is 5.41 Å². The van der Waals surface area contributed by atoms with Crippen molar-refractivity contribution in [1.82, 2.24) is 20.1 Å². The van der Waals surface area contributed by atoms with Crippen LogP contribution in [0.25, 0.3) is 0 Å². The summed E-state index contributed by atoms with van der Waals surface area (Å²) in [6, 6.07) is -0.890. The fraction of sp³-hybridized carbons (Fsp3) is 0.476. The average Bonchev–Trinajstić information content (AvgIpc) is 3.27. The number of aliphatic carboxylic acids is 1. The van der Waals surface area contributed by atoms with E-state index < -0.39 is 29.2 Å². The van der Waals surface area contributed by atoms with Crippen molar-refractivity contribution in [3.05, 3.63) is 33.8 Å². The first-order chi connectivity index (χ1) is 16.8. The molecule has 0 aromatic carbocycles. The maximum atomic E-state index is 12.9. The Balaban J connectivity index is 1.44. The zero-order valence-electron chi connectivity index (χ0n) is 19.2. The molecule has 2 saturated heterocycles. The number of fused-ring (bicyclic) bond motifs is 1. The van der Waals surface area contributed by atoms with Gasteiger partial charge in [0.15, 0.2) is 10.8 Å². The summed E-state index contributed by atoms with van der Waals surface area (Å²) >= 11 is 4.25. The molecule has 0 spiro atoms. The van der Waals surface area contributed by atoms with E-state index in [4.69, 9.17) is 10.6 Å². The number of thiazole rings is 1. The molecule has 2 atom stereocenters. The molecule has 11 nitrogen and oxygen atoms in total. The maximum absolute atomic E-state index is 12.9. The number of amides is 2. The molecule has 0 radical (unpaired) electrons. The van der Waals surface area contributed by atoms with Gasteiger partial charge in [-0.15, -0.1) is 34.9 Å². The Morgan fingerprint density at radius 2 is 2.14 bits per heavy atom. The summed E-state index contributed by atoms with van der Waals surface area (Å²) in [6.45, 7) is 2.10. The van der Waals surface area contributed by atoms with Crippen molar-refractivity contribution in [2.75, 3.05) is 38.7 Å². The zero-order chi connectivity index (χ0) is 25.1. The summed E-state index contributed by atoms with van der Waals surface area (Å²) in [5, 5.41) is 20.0. The lowest BCUT2D eigenvalue weighted by atomic mass is 10.0. The van der Waals surface area contributed by atoms with Crippen molar-refractivity contribution >= 4 is 63.5 Å². The van der Waals surface area contributed by atoms with Gasteiger partial charge in [-0.05, 0) is 50.0 Å². The van der Waals surface area contributed by atoms with E-state index in [1.54, 1.807) is 23.2 Å². The van der Waals surface area contributed by atoms with Crippen LogP contribution in [0, 0.1) is 0 Å². The van der Waals surface area contributed by atoms with Crippen LogP contribution in [-0.4, -0.2) is 93.1 Å². The molecular formula is C21H26N6O5S3. The monoisotopic (exact) mass is 538 g/mol. The number of allylic oxidation sites excluding steroid dienone is 1. The van der Waals surface area contributed by atoms with Crippen molar-refractivity contribution in [1.29, 1.82) is 0 Å². The Bertz CT molecular complexity index is 1090. The second-order valence-electron chi connectivity index (χ2n) is 8.17. The van der Waals surface area contributed by atoms with Crippen LogP contribution >= 0.6 is 34.9 Å². The fourth-order valence-electron chi connectivity index (χ4n) is 4.03. The van der Waals surface area contributed by atoms with Crippen molar-refractivity contribution in [3.8, 4) is 0 Å². The molecule has 4 heterocycles. The molecule has 2 fully saturated rings. The van der Waals surface area contributed by atoms with Crippen molar-refractivity contribution < 1.29 is 24.3 Å². The number of nitrogens with two attached hydrogens (primary N) is 1. The van der Waals surface area contributed by atoms with Gasteiger partial charge >= 0.3 is 5.97 Å². The predicted octanol–water partition coefficient (Wildman–Crippen LogP) is 1.16. The number of hydrogen-bond acceptors (Lipinski definition) is 11. The number of likely N-dealkylation sites (tertiary alicyclic amines) is 1. The highest BCUT2D eigenvalue weighted by Crippen LogP contribution is 2.41. The summed E-state index contributed by atoms with van der Waals surface area (Å²) in [4.78, 5) is 50.2. The first kappa shape index (κ1) is 25.5. The number of nitrogens with zero attached hydrogens (tertiary/aromatic N) is 4. The van der Waals surface area contributed by atoms with Crippen molar-refractivity contribution in [3.63, 3.8) is 0 Å². The van der Waals surface area contributed by atoms with Gasteiger partial charge in [0.2, 0.25) is 0 Å².